The van der Waals surface area contributed by atoms with E-state index >= 15 is 0 Å². The van der Waals surface area contributed by atoms with Gasteiger partial charge in [0.25, 0.3) is 5.91 Å². The van der Waals surface area contributed by atoms with Crippen molar-refractivity contribution in [2.45, 2.75) is 39.7 Å². The number of amides is 1. The number of benzene rings is 1. The molecule has 0 radical (unpaired) electrons. The molecule has 1 aromatic heterocycles. The number of nitrogens with zero attached hydrogens (tertiary/aromatic N) is 1. The smallest absolute Gasteiger partial charge is 0.273 e. The van der Waals surface area contributed by atoms with Crippen LogP contribution in [0.2, 0.25) is 0 Å². The number of nitrogens with one attached hydrogen (secondary N) is 2. The summed E-state index contributed by atoms with van der Waals surface area (Å²) in [5.74, 6) is 1.33. The van der Waals surface area contributed by atoms with Crippen LogP contribution < -0.4 is 14.8 Å². The first-order valence-corrected chi connectivity index (χ1v) is 9.03. The van der Waals surface area contributed by atoms with E-state index in [2.05, 4.69) is 31.4 Å². The Bertz CT molecular complexity index is 743. The Morgan fingerprint density at radius 3 is 2.60 bits per heavy atom. The third-order valence-corrected chi connectivity index (χ3v) is 4.66. The largest absolute Gasteiger partial charge is 0.493 e. The lowest BCUT2D eigenvalue weighted by atomic mass is 10.1. The minimum atomic E-state index is -0.240. The van der Waals surface area contributed by atoms with Crippen LogP contribution in [0, 0.1) is 0 Å². The highest BCUT2D eigenvalue weighted by atomic mass is 79.9. The summed E-state index contributed by atoms with van der Waals surface area (Å²) in [6.45, 7) is 8.47. The van der Waals surface area contributed by atoms with Gasteiger partial charge in [0.1, 0.15) is 0 Å². The van der Waals surface area contributed by atoms with E-state index < -0.39 is 0 Å². The third kappa shape index (κ3) is 4.34. The van der Waals surface area contributed by atoms with Crippen LogP contribution in [0.15, 0.2) is 22.7 Å². The van der Waals surface area contributed by atoms with Crippen molar-refractivity contribution in [2.24, 2.45) is 0 Å². The number of aromatic amines is 1. The summed E-state index contributed by atoms with van der Waals surface area (Å²) in [6, 6.07) is 5.43. The van der Waals surface area contributed by atoms with Gasteiger partial charge in [-0.25, -0.2) is 0 Å². The molecule has 2 rings (SSSR count). The number of methoxy groups -OCH3 is 1. The van der Waals surface area contributed by atoms with Crippen molar-refractivity contribution < 1.29 is 14.3 Å². The van der Waals surface area contributed by atoms with Crippen LogP contribution in [0.3, 0.4) is 0 Å². The maximum absolute atomic E-state index is 12.5. The monoisotopic (exact) mass is 409 g/mol. The average Bonchev–Trinajstić information content (AvgIpc) is 2.97. The van der Waals surface area contributed by atoms with E-state index in [-0.39, 0.29) is 17.9 Å². The van der Waals surface area contributed by atoms with Gasteiger partial charge in [-0.3, -0.25) is 9.89 Å². The topological polar surface area (TPSA) is 76.2 Å². The number of halogens is 1. The van der Waals surface area contributed by atoms with E-state index in [1.54, 1.807) is 7.11 Å². The van der Waals surface area contributed by atoms with Crippen LogP contribution in [-0.2, 0) is 0 Å². The van der Waals surface area contributed by atoms with E-state index in [1.165, 1.54) is 0 Å². The lowest BCUT2D eigenvalue weighted by Gasteiger charge is -2.16. The molecule has 0 saturated heterocycles. The summed E-state index contributed by atoms with van der Waals surface area (Å²) in [4.78, 5) is 12.5. The highest BCUT2D eigenvalue weighted by molar-refractivity contribution is 9.10. The standard InChI is InChI=1S/C18H24BrN3O3/c1-6-25-13-8-7-12(9-14(13)24-5)11(4)20-18(23)17-15(19)16(10(2)3)21-22-17/h7-11H,6H2,1-5H3,(H,20,23)(H,21,22). The van der Waals surface area contributed by atoms with Crippen LogP contribution in [0.5, 0.6) is 11.5 Å². The first-order valence-electron chi connectivity index (χ1n) is 8.24. The lowest BCUT2D eigenvalue weighted by Crippen LogP contribution is -2.27. The van der Waals surface area contributed by atoms with Gasteiger partial charge in [-0.05, 0) is 53.4 Å². The van der Waals surface area contributed by atoms with Crippen molar-refractivity contribution in [3.63, 3.8) is 0 Å². The highest BCUT2D eigenvalue weighted by Crippen LogP contribution is 2.31. The molecule has 6 nitrogen and oxygen atoms in total. The van der Waals surface area contributed by atoms with E-state index in [9.17, 15) is 4.79 Å². The molecule has 2 N–H and O–H groups in total. The van der Waals surface area contributed by atoms with Gasteiger partial charge < -0.3 is 14.8 Å². The number of H-pyrrole nitrogens is 1. The Hall–Kier alpha value is -2.02. The molecule has 1 amide bonds. The molecular formula is C18H24BrN3O3. The Morgan fingerprint density at radius 1 is 1.32 bits per heavy atom. The quantitative estimate of drug-likeness (QED) is 0.718. The molecule has 0 aliphatic heterocycles. The van der Waals surface area contributed by atoms with Gasteiger partial charge in [0.15, 0.2) is 17.2 Å². The van der Waals surface area contributed by atoms with Gasteiger partial charge in [-0.2, -0.15) is 5.10 Å². The maximum atomic E-state index is 12.5. The van der Waals surface area contributed by atoms with Crippen molar-refractivity contribution in [2.75, 3.05) is 13.7 Å². The van der Waals surface area contributed by atoms with E-state index in [0.29, 0.717) is 28.3 Å². The van der Waals surface area contributed by atoms with Crippen molar-refractivity contribution >= 4 is 21.8 Å². The Kier molecular flexibility index (Phi) is 6.47. The second kappa shape index (κ2) is 8.38. The van der Waals surface area contributed by atoms with Crippen molar-refractivity contribution in [1.29, 1.82) is 0 Å². The second-order valence-corrected chi connectivity index (χ2v) is 6.79. The predicted molar refractivity (Wildman–Crippen MR) is 100 cm³/mol. The fourth-order valence-corrected chi connectivity index (χ4v) is 3.27. The minimum absolute atomic E-state index is 0.205. The summed E-state index contributed by atoms with van der Waals surface area (Å²) in [5, 5.41) is 10.0. The van der Waals surface area contributed by atoms with Crippen molar-refractivity contribution in [3.8, 4) is 11.5 Å². The van der Waals surface area contributed by atoms with Crippen LogP contribution in [0.1, 0.15) is 61.4 Å². The number of hydrogen-bond acceptors (Lipinski definition) is 4. The van der Waals surface area contributed by atoms with E-state index in [1.807, 2.05) is 45.9 Å². The Balaban J connectivity index is 2.16. The molecule has 25 heavy (non-hydrogen) atoms. The summed E-state index contributed by atoms with van der Waals surface area (Å²) in [7, 11) is 1.60. The molecule has 0 fully saturated rings. The molecule has 0 spiro atoms. The first-order chi connectivity index (χ1) is 11.9. The van der Waals surface area contributed by atoms with Crippen molar-refractivity contribution in [3.05, 3.63) is 39.6 Å². The van der Waals surface area contributed by atoms with Crippen molar-refractivity contribution in [1.82, 2.24) is 15.5 Å². The Labute approximate surface area is 156 Å². The zero-order chi connectivity index (χ0) is 18.6. The first kappa shape index (κ1) is 19.3. The summed E-state index contributed by atoms with van der Waals surface area (Å²) < 4.78 is 11.6. The van der Waals surface area contributed by atoms with Gasteiger partial charge in [0, 0.05) is 0 Å². The van der Waals surface area contributed by atoms with Crippen LogP contribution in [0.25, 0.3) is 0 Å². The molecule has 0 aliphatic carbocycles. The van der Waals surface area contributed by atoms with Gasteiger partial charge in [-0.15, -0.1) is 0 Å². The van der Waals surface area contributed by atoms with E-state index in [4.69, 9.17) is 9.47 Å². The number of rotatable bonds is 7. The van der Waals surface area contributed by atoms with Gasteiger partial charge in [0.05, 0.1) is 29.9 Å². The minimum Gasteiger partial charge on any atom is -0.493 e. The maximum Gasteiger partial charge on any atom is 0.273 e. The fourth-order valence-electron chi connectivity index (χ4n) is 2.45. The number of aromatic nitrogens is 2. The molecule has 1 aromatic carbocycles. The summed E-state index contributed by atoms with van der Waals surface area (Å²) in [6.07, 6.45) is 0. The lowest BCUT2D eigenvalue weighted by molar-refractivity contribution is 0.0934. The summed E-state index contributed by atoms with van der Waals surface area (Å²) in [5.41, 5.74) is 2.18. The normalized spacial score (nSPS) is 12.1. The molecule has 0 aliphatic rings. The van der Waals surface area contributed by atoms with Crippen LogP contribution in [-0.4, -0.2) is 29.8 Å². The molecule has 0 bridgehead atoms. The predicted octanol–water partition coefficient (Wildman–Crippen LogP) is 4.19. The molecule has 136 valence electrons. The van der Waals surface area contributed by atoms with Gasteiger partial charge in [0.2, 0.25) is 0 Å². The van der Waals surface area contributed by atoms with Gasteiger partial charge in [-0.1, -0.05) is 19.9 Å². The molecule has 1 unspecified atom stereocenters. The second-order valence-electron chi connectivity index (χ2n) is 5.99. The third-order valence-electron chi connectivity index (χ3n) is 3.86. The molecule has 1 heterocycles. The fraction of sp³-hybridized carbons (Fsp3) is 0.444. The number of carbonyl (C=O) groups is 1. The molecule has 1 atom stereocenters. The van der Waals surface area contributed by atoms with Crippen LogP contribution >= 0.6 is 15.9 Å². The summed E-state index contributed by atoms with van der Waals surface area (Å²) >= 11 is 3.46. The number of carbonyl (C=O) groups excluding carboxylic acids is 1. The molecule has 7 heteroatoms. The SMILES string of the molecule is CCOc1ccc(C(C)NC(=O)c2n[nH]c(C(C)C)c2Br)cc1OC. The molecular weight excluding hydrogens is 386 g/mol. The molecule has 2 aromatic rings. The zero-order valence-corrected chi connectivity index (χ0v) is 16.7. The van der Waals surface area contributed by atoms with E-state index in [0.717, 1.165) is 11.3 Å². The number of hydrogen-bond donors (Lipinski definition) is 2. The molecule has 0 saturated carbocycles. The van der Waals surface area contributed by atoms with Crippen LogP contribution in [0.4, 0.5) is 0 Å². The number of ether oxygens (including phenoxy) is 2. The van der Waals surface area contributed by atoms with Gasteiger partial charge >= 0.3 is 0 Å². The zero-order valence-electron chi connectivity index (χ0n) is 15.1. The highest BCUT2D eigenvalue weighted by Gasteiger charge is 2.21. The average molecular weight is 410 g/mol. The Morgan fingerprint density at radius 2 is 2.04 bits per heavy atom.